The lowest BCUT2D eigenvalue weighted by atomic mass is 10.3. The maximum absolute atomic E-state index is 10.8. The summed E-state index contributed by atoms with van der Waals surface area (Å²) in [6.45, 7) is 2.73. The van der Waals surface area contributed by atoms with Crippen LogP contribution in [0.25, 0.3) is 0 Å². The van der Waals surface area contributed by atoms with Crippen molar-refractivity contribution in [3.05, 3.63) is 18.2 Å². The highest BCUT2D eigenvalue weighted by Gasteiger charge is 2.14. The minimum atomic E-state index is -0.992. The summed E-state index contributed by atoms with van der Waals surface area (Å²) in [5.41, 5.74) is 5.93. The number of imidazole rings is 1. The number of carbonyl (C=O) groups excluding carboxylic acids is 1. The van der Waals surface area contributed by atoms with Gasteiger partial charge in [0.1, 0.15) is 0 Å². The van der Waals surface area contributed by atoms with Gasteiger partial charge in [-0.15, -0.1) is 0 Å². The Morgan fingerprint density at radius 2 is 2.24 bits per heavy atom. The van der Waals surface area contributed by atoms with Crippen LogP contribution in [0.15, 0.2) is 12.5 Å². The molecule has 7 nitrogen and oxygen atoms in total. The second kappa shape index (κ2) is 6.00. The van der Waals surface area contributed by atoms with E-state index >= 15 is 0 Å². The Morgan fingerprint density at radius 3 is 2.76 bits per heavy atom. The maximum Gasteiger partial charge on any atom is 0.317 e. The van der Waals surface area contributed by atoms with E-state index in [1.54, 1.807) is 12.5 Å². The molecule has 94 valence electrons. The molecular formula is C10H16N4O3. The van der Waals surface area contributed by atoms with Crippen molar-refractivity contribution >= 4 is 11.9 Å². The molecule has 0 radical (unpaired) electrons. The lowest BCUT2D eigenvalue weighted by Gasteiger charge is -2.18. The highest BCUT2D eigenvalue weighted by molar-refractivity contribution is 5.77. The third kappa shape index (κ3) is 4.23. The van der Waals surface area contributed by atoms with E-state index in [0.29, 0.717) is 6.54 Å². The van der Waals surface area contributed by atoms with Crippen LogP contribution in [-0.2, 0) is 22.7 Å². The third-order valence-corrected chi connectivity index (χ3v) is 2.26. The van der Waals surface area contributed by atoms with Crippen LogP contribution < -0.4 is 5.73 Å². The molecule has 0 fully saturated rings. The van der Waals surface area contributed by atoms with Crippen molar-refractivity contribution < 1.29 is 14.7 Å². The number of aryl methyl sites for hydroxylation is 1. The van der Waals surface area contributed by atoms with Gasteiger partial charge in [0.15, 0.2) is 0 Å². The molecule has 0 bridgehead atoms. The van der Waals surface area contributed by atoms with Gasteiger partial charge >= 0.3 is 5.97 Å². The Kier molecular flexibility index (Phi) is 4.65. The second-order valence-electron chi connectivity index (χ2n) is 3.68. The zero-order chi connectivity index (χ0) is 12.8. The monoisotopic (exact) mass is 240 g/mol. The fraction of sp³-hybridized carbons (Fsp3) is 0.500. The summed E-state index contributed by atoms with van der Waals surface area (Å²) in [6.07, 6.45) is 3.32. The van der Waals surface area contributed by atoms with Crippen LogP contribution in [-0.4, -0.2) is 44.5 Å². The Balaban J connectivity index is 2.71. The second-order valence-corrected chi connectivity index (χ2v) is 3.68. The zero-order valence-electron chi connectivity index (χ0n) is 9.67. The van der Waals surface area contributed by atoms with Crippen LogP contribution in [0.5, 0.6) is 0 Å². The fourth-order valence-corrected chi connectivity index (χ4v) is 1.57. The summed E-state index contributed by atoms with van der Waals surface area (Å²) in [7, 11) is 0. The van der Waals surface area contributed by atoms with E-state index in [-0.39, 0.29) is 13.1 Å². The summed E-state index contributed by atoms with van der Waals surface area (Å²) in [5.74, 6) is -1.54. The molecule has 0 saturated heterocycles. The summed E-state index contributed by atoms with van der Waals surface area (Å²) in [6, 6.07) is 0. The van der Waals surface area contributed by atoms with Gasteiger partial charge in [0.25, 0.3) is 0 Å². The van der Waals surface area contributed by atoms with Crippen LogP contribution in [0.3, 0.4) is 0 Å². The van der Waals surface area contributed by atoms with Crippen LogP contribution in [0.4, 0.5) is 0 Å². The first-order valence-corrected chi connectivity index (χ1v) is 5.24. The average Bonchev–Trinajstić information content (AvgIpc) is 2.62. The quantitative estimate of drug-likeness (QED) is 0.654. The van der Waals surface area contributed by atoms with Gasteiger partial charge in [-0.3, -0.25) is 14.5 Å². The molecule has 0 aromatic carbocycles. The first kappa shape index (κ1) is 13.2. The molecule has 0 unspecified atom stereocenters. The molecule has 0 aliphatic heterocycles. The van der Waals surface area contributed by atoms with Crippen LogP contribution >= 0.6 is 0 Å². The van der Waals surface area contributed by atoms with Crippen LogP contribution in [0.1, 0.15) is 12.6 Å². The predicted octanol–water partition coefficient (Wildman–Crippen LogP) is -0.725. The Labute approximate surface area is 98.8 Å². The molecule has 0 aliphatic rings. The van der Waals surface area contributed by atoms with E-state index in [2.05, 4.69) is 4.98 Å². The van der Waals surface area contributed by atoms with Crippen molar-refractivity contribution in [2.45, 2.75) is 20.0 Å². The van der Waals surface area contributed by atoms with E-state index in [9.17, 15) is 9.59 Å². The number of rotatable bonds is 7. The van der Waals surface area contributed by atoms with Gasteiger partial charge in [0.05, 0.1) is 25.1 Å². The highest BCUT2D eigenvalue weighted by atomic mass is 16.4. The molecule has 0 aliphatic carbocycles. The summed E-state index contributed by atoms with van der Waals surface area (Å²) < 4.78 is 1.88. The summed E-state index contributed by atoms with van der Waals surface area (Å²) in [4.78, 5) is 26.9. The number of nitrogens with zero attached hydrogens (tertiary/aromatic N) is 3. The number of primary amides is 1. The topological polar surface area (TPSA) is 101 Å². The van der Waals surface area contributed by atoms with Gasteiger partial charge in [-0.25, -0.2) is 4.98 Å². The molecular weight excluding hydrogens is 224 g/mol. The fourth-order valence-electron chi connectivity index (χ4n) is 1.57. The van der Waals surface area contributed by atoms with Gasteiger partial charge < -0.3 is 15.4 Å². The van der Waals surface area contributed by atoms with Gasteiger partial charge in [-0.2, -0.15) is 0 Å². The number of carbonyl (C=O) groups is 2. The average molecular weight is 240 g/mol. The number of hydrogen-bond acceptors (Lipinski definition) is 4. The SMILES string of the molecule is CCn1cncc1CN(CC(N)=O)CC(=O)O. The molecule has 1 aromatic heterocycles. The molecule has 0 saturated carbocycles. The van der Waals surface area contributed by atoms with Crippen molar-refractivity contribution in [1.29, 1.82) is 0 Å². The standard InChI is InChI=1S/C10H16N4O3/c1-2-14-7-12-3-8(14)4-13(5-9(11)15)6-10(16)17/h3,7H,2,4-6H2,1H3,(H2,11,15)(H,16,17). The number of amides is 1. The largest absolute Gasteiger partial charge is 0.480 e. The Morgan fingerprint density at radius 1 is 1.53 bits per heavy atom. The first-order valence-electron chi connectivity index (χ1n) is 5.24. The number of carboxylic acids is 1. The van der Waals surface area contributed by atoms with Gasteiger partial charge in [0.2, 0.25) is 5.91 Å². The number of aliphatic carboxylic acids is 1. The van der Waals surface area contributed by atoms with E-state index in [4.69, 9.17) is 10.8 Å². The van der Waals surface area contributed by atoms with Crippen molar-refractivity contribution in [2.24, 2.45) is 5.73 Å². The summed E-state index contributed by atoms with van der Waals surface area (Å²) in [5, 5.41) is 8.74. The predicted molar refractivity (Wildman–Crippen MR) is 60.0 cm³/mol. The molecule has 7 heteroatoms. The van der Waals surface area contributed by atoms with Crippen LogP contribution in [0, 0.1) is 0 Å². The van der Waals surface area contributed by atoms with E-state index in [1.165, 1.54) is 4.90 Å². The van der Waals surface area contributed by atoms with Crippen LogP contribution in [0.2, 0.25) is 0 Å². The minimum absolute atomic E-state index is 0.0821. The van der Waals surface area contributed by atoms with E-state index < -0.39 is 11.9 Å². The van der Waals surface area contributed by atoms with E-state index in [1.807, 2.05) is 11.5 Å². The lowest BCUT2D eigenvalue weighted by molar-refractivity contribution is -0.138. The molecule has 1 amide bonds. The third-order valence-electron chi connectivity index (χ3n) is 2.26. The Bertz CT molecular complexity index is 386. The highest BCUT2D eigenvalue weighted by Crippen LogP contribution is 2.04. The van der Waals surface area contributed by atoms with Gasteiger partial charge in [-0.05, 0) is 6.92 Å². The lowest BCUT2D eigenvalue weighted by Crippen LogP contribution is -2.37. The maximum atomic E-state index is 10.8. The van der Waals surface area contributed by atoms with Crippen molar-refractivity contribution in [3.63, 3.8) is 0 Å². The van der Waals surface area contributed by atoms with Gasteiger partial charge in [0, 0.05) is 19.3 Å². The van der Waals surface area contributed by atoms with Gasteiger partial charge in [-0.1, -0.05) is 0 Å². The molecule has 1 rings (SSSR count). The molecule has 17 heavy (non-hydrogen) atoms. The number of hydrogen-bond donors (Lipinski definition) is 2. The molecule has 0 atom stereocenters. The number of nitrogens with two attached hydrogens (primary N) is 1. The van der Waals surface area contributed by atoms with Crippen molar-refractivity contribution in [2.75, 3.05) is 13.1 Å². The zero-order valence-corrected chi connectivity index (χ0v) is 9.67. The Hall–Kier alpha value is -1.89. The normalized spacial score (nSPS) is 10.7. The van der Waals surface area contributed by atoms with Crippen molar-refractivity contribution in [3.8, 4) is 0 Å². The minimum Gasteiger partial charge on any atom is -0.480 e. The molecule has 3 N–H and O–H groups in total. The molecule has 1 aromatic rings. The molecule has 1 heterocycles. The van der Waals surface area contributed by atoms with Crippen molar-refractivity contribution in [1.82, 2.24) is 14.5 Å². The first-order chi connectivity index (χ1) is 8.02. The molecule has 0 spiro atoms. The number of carboxylic acid groups (broad SMARTS) is 1. The summed E-state index contributed by atoms with van der Waals surface area (Å²) >= 11 is 0. The smallest absolute Gasteiger partial charge is 0.317 e. The van der Waals surface area contributed by atoms with E-state index in [0.717, 1.165) is 12.2 Å². The number of aromatic nitrogens is 2.